The Bertz CT molecular complexity index is 843. The Morgan fingerprint density at radius 2 is 2.07 bits per heavy atom. The molecular weight excluding hydrogens is 384 g/mol. The van der Waals surface area contributed by atoms with Crippen LogP contribution in [0.15, 0.2) is 23.1 Å². The number of thioether (sulfide) groups is 1. The van der Waals surface area contributed by atoms with E-state index in [9.17, 15) is 14.4 Å². The molecule has 0 N–H and O–H groups in total. The number of methoxy groups -OCH3 is 1. The summed E-state index contributed by atoms with van der Waals surface area (Å²) in [6.45, 7) is 3.47. The third kappa shape index (κ3) is 5.50. The zero-order valence-electron chi connectivity index (χ0n) is 15.8. The zero-order chi connectivity index (χ0) is 20.7. The van der Waals surface area contributed by atoms with E-state index in [1.807, 2.05) is 19.9 Å². The summed E-state index contributed by atoms with van der Waals surface area (Å²) in [4.78, 5) is 37.4. The maximum Gasteiger partial charge on any atom is 0.326 e. The monoisotopic (exact) mass is 404 g/mol. The molecule has 0 saturated carbocycles. The number of esters is 1. The zero-order valence-corrected chi connectivity index (χ0v) is 16.6. The Labute approximate surface area is 167 Å². The maximum atomic E-state index is 12.5. The van der Waals surface area contributed by atoms with Crippen molar-refractivity contribution in [1.82, 2.24) is 4.90 Å². The molecule has 1 aliphatic rings. The number of benzene rings is 1. The summed E-state index contributed by atoms with van der Waals surface area (Å²) in [5, 5.41) is 8.07. The van der Waals surface area contributed by atoms with Crippen LogP contribution in [-0.2, 0) is 14.3 Å². The van der Waals surface area contributed by atoms with Crippen molar-refractivity contribution in [3.05, 3.63) is 28.7 Å². The molecule has 1 heterocycles. The van der Waals surface area contributed by atoms with Gasteiger partial charge >= 0.3 is 5.97 Å². The molecule has 8 nitrogen and oxygen atoms in total. The molecule has 0 radical (unpaired) electrons. The van der Waals surface area contributed by atoms with Gasteiger partial charge in [0.1, 0.15) is 12.6 Å². The van der Waals surface area contributed by atoms with E-state index in [4.69, 9.17) is 19.5 Å². The topological polar surface area (TPSA) is 106 Å². The van der Waals surface area contributed by atoms with Crippen LogP contribution in [0.5, 0.6) is 11.5 Å². The van der Waals surface area contributed by atoms with Gasteiger partial charge in [0.15, 0.2) is 18.1 Å². The third-order valence-electron chi connectivity index (χ3n) is 3.52. The minimum atomic E-state index is -0.627. The predicted molar refractivity (Wildman–Crippen MR) is 103 cm³/mol. The minimum absolute atomic E-state index is 0.124. The molecule has 1 saturated heterocycles. The highest BCUT2D eigenvalue weighted by Gasteiger charge is 2.36. The lowest BCUT2D eigenvalue weighted by molar-refractivity contribution is -0.147. The Hall–Kier alpha value is -2.99. The highest BCUT2D eigenvalue weighted by atomic mass is 32.2. The molecule has 0 atom stereocenters. The van der Waals surface area contributed by atoms with E-state index in [0.29, 0.717) is 17.1 Å². The Morgan fingerprint density at radius 3 is 2.71 bits per heavy atom. The number of imide groups is 1. The third-order valence-corrected chi connectivity index (χ3v) is 4.42. The standard InChI is InChI=1S/C19H20N2O6S/c1-12(2)11-27-17(22)10-21-18(23)16(28-19(21)24)9-13-4-5-14(26-7-6-20)15(8-13)25-3/h4-5,8-9,12H,7,10-11H2,1-3H3/b16-9-. The summed E-state index contributed by atoms with van der Waals surface area (Å²) < 4.78 is 15.5. The summed E-state index contributed by atoms with van der Waals surface area (Å²) in [6, 6.07) is 6.76. The predicted octanol–water partition coefficient (Wildman–Crippen LogP) is 2.83. The van der Waals surface area contributed by atoms with Crippen LogP contribution < -0.4 is 9.47 Å². The molecule has 0 spiro atoms. The van der Waals surface area contributed by atoms with Gasteiger partial charge in [-0.25, -0.2) is 0 Å². The quantitative estimate of drug-likeness (QED) is 0.481. The van der Waals surface area contributed by atoms with Gasteiger partial charge in [0, 0.05) is 0 Å². The van der Waals surface area contributed by atoms with E-state index < -0.39 is 23.7 Å². The first-order chi connectivity index (χ1) is 13.3. The molecule has 0 unspecified atom stereocenters. The van der Waals surface area contributed by atoms with Crippen LogP contribution in [0.2, 0.25) is 0 Å². The van der Waals surface area contributed by atoms with Crippen molar-refractivity contribution < 1.29 is 28.6 Å². The van der Waals surface area contributed by atoms with Crippen LogP contribution in [0.25, 0.3) is 6.08 Å². The van der Waals surface area contributed by atoms with Gasteiger partial charge in [-0.1, -0.05) is 19.9 Å². The van der Waals surface area contributed by atoms with Crippen LogP contribution >= 0.6 is 11.8 Å². The summed E-state index contributed by atoms with van der Waals surface area (Å²) in [5.41, 5.74) is 0.606. The summed E-state index contributed by atoms with van der Waals surface area (Å²) in [5.74, 6) is -0.241. The van der Waals surface area contributed by atoms with Gasteiger partial charge in [0.2, 0.25) is 0 Å². The van der Waals surface area contributed by atoms with Crippen LogP contribution in [0, 0.1) is 17.2 Å². The van der Waals surface area contributed by atoms with Gasteiger partial charge in [0.25, 0.3) is 11.1 Å². The number of nitrogens with zero attached hydrogens (tertiary/aromatic N) is 2. The van der Waals surface area contributed by atoms with Gasteiger partial charge in [0.05, 0.1) is 18.6 Å². The first kappa shape index (κ1) is 21.3. The van der Waals surface area contributed by atoms with Gasteiger partial charge in [-0.15, -0.1) is 0 Å². The molecular formula is C19H20N2O6S. The van der Waals surface area contributed by atoms with Crippen LogP contribution in [0.1, 0.15) is 19.4 Å². The molecule has 148 valence electrons. The Balaban J connectivity index is 2.12. The van der Waals surface area contributed by atoms with Gasteiger partial charge in [-0.2, -0.15) is 5.26 Å². The molecule has 0 aliphatic carbocycles. The first-order valence-electron chi connectivity index (χ1n) is 8.44. The number of hydrogen-bond donors (Lipinski definition) is 0. The Morgan fingerprint density at radius 1 is 1.32 bits per heavy atom. The average molecular weight is 404 g/mol. The molecule has 0 bridgehead atoms. The van der Waals surface area contributed by atoms with Crippen molar-refractivity contribution in [1.29, 1.82) is 5.26 Å². The average Bonchev–Trinajstić information content (AvgIpc) is 2.92. The number of rotatable bonds is 8. The highest BCUT2D eigenvalue weighted by Crippen LogP contribution is 2.34. The van der Waals surface area contributed by atoms with Crippen molar-refractivity contribution in [2.75, 3.05) is 26.9 Å². The van der Waals surface area contributed by atoms with E-state index in [-0.39, 0.29) is 24.0 Å². The molecule has 1 aliphatic heterocycles. The van der Waals surface area contributed by atoms with Gasteiger partial charge in [-0.3, -0.25) is 19.3 Å². The van der Waals surface area contributed by atoms with Crippen molar-refractivity contribution in [2.24, 2.45) is 5.92 Å². The smallest absolute Gasteiger partial charge is 0.326 e. The lowest BCUT2D eigenvalue weighted by Gasteiger charge is -2.12. The van der Waals surface area contributed by atoms with E-state index in [1.165, 1.54) is 13.2 Å². The number of carbonyl (C=O) groups is 3. The number of amides is 2. The normalized spacial score (nSPS) is 15.1. The molecule has 0 aromatic heterocycles. The van der Waals surface area contributed by atoms with Crippen molar-refractivity contribution >= 4 is 35.0 Å². The molecule has 1 aromatic rings. The van der Waals surface area contributed by atoms with E-state index in [1.54, 1.807) is 18.2 Å². The lowest BCUT2D eigenvalue weighted by atomic mass is 10.2. The molecule has 2 amide bonds. The fourth-order valence-corrected chi connectivity index (χ4v) is 3.06. The lowest BCUT2D eigenvalue weighted by Crippen LogP contribution is -2.34. The van der Waals surface area contributed by atoms with E-state index in [2.05, 4.69) is 0 Å². The fourth-order valence-electron chi connectivity index (χ4n) is 2.23. The summed E-state index contributed by atoms with van der Waals surface area (Å²) in [7, 11) is 1.45. The van der Waals surface area contributed by atoms with Crippen LogP contribution in [-0.4, -0.2) is 48.9 Å². The molecule has 1 aromatic carbocycles. The van der Waals surface area contributed by atoms with E-state index >= 15 is 0 Å². The first-order valence-corrected chi connectivity index (χ1v) is 9.26. The van der Waals surface area contributed by atoms with Crippen molar-refractivity contribution in [2.45, 2.75) is 13.8 Å². The largest absolute Gasteiger partial charge is 0.493 e. The van der Waals surface area contributed by atoms with Gasteiger partial charge < -0.3 is 14.2 Å². The Kier molecular flexibility index (Phi) is 7.46. The fraction of sp³-hybridized carbons (Fsp3) is 0.368. The summed E-state index contributed by atoms with van der Waals surface area (Å²) >= 11 is 0.750. The minimum Gasteiger partial charge on any atom is -0.493 e. The molecule has 2 rings (SSSR count). The van der Waals surface area contributed by atoms with Crippen molar-refractivity contribution in [3.8, 4) is 17.6 Å². The number of ether oxygens (including phenoxy) is 3. The van der Waals surface area contributed by atoms with Crippen LogP contribution in [0.3, 0.4) is 0 Å². The highest BCUT2D eigenvalue weighted by molar-refractivity contribution is 8.18. The van der Waals surface area contributed by atoms with Crippen molar-refractivity contribution in [3.63, 3.8) is 0 Å². The summed E-state index contributed by atoms with van der Waals surface area (Å²) in [6.07, 6.45) is 1.53. The SMILES string of the molecule is COc1cc(/C=C2\SC(=O)N(CC(=O)OCC(C)C)C2=O)ccc1OCC#N. The molecule has 1 fully saturated rings. The molecule has 9 heteroatoms. The second-order valence-corrected chi connectivity index (χ2v) is 7.19. The number of nitriles is 1. The number of carbonyl (C=O) groups excluding carboxylic acids is 3. The maximum absolute atomic E-state index is 12.5. The van der Waals surface area contributed by atoms with Gasteiger partial charge in [-0.05, 0) is 41.5 Å². The van der Waals surface area contributed by atoms with Crippen LogP contribution in [0.4, 0.5) is 4.79 Å². The second kappa shape index (κ2) is 9.80. The van der Waals surface area contributed by atoms with E-state index in [0.717, 1.165) is 16.7 Å². The number of hydrogen-bond acceptors (Lipinski definition) is 8. The second-order valence-electron chi connectivity index (χ2n) is 6.20. The molecule has 28 heavy (non-hydrogen) atoms.